The molecule has 0 atom stereocenters. The summed E-state index contributed by atoms with van der Waals surface area (Å²) in [6.07, 6.45) is -3.70. The summed E-state index contributed by atoms with van der Waals surface area (Å²) in [4.78, 5) is 19.7. The van der Waals surface area contributed by atoms with Crippen molar-refractivity contribution in [2.75, 3.05) is 13.2 Å². The van der Waals surface area contributed by atoms with E-state index in [1.54, 1.807) is 30.0 Å². The Morgan fingerprint density at radius 3 is 2.47 bits per heavy atom. The normalized spacial score (nSPS) is 11.5. The minimum Gasteiger partial charge on any atom is -0.482 e. The first kappa shape index (κ1) is 28.2. The van der Waals surface area contributed by atoms with Crippen molar-refractivity contribution in [2.24, 2.45) is 0 Å². The Balaban J connectivity index is 1.52. The summed E-state index contributed by atoms with van der Waals surface area (Å²) >= 11 is 4.84. The van der Waals surface area contributed by atoms with Gasteiger partial charge in [0.25, 0.3) is 0 Å². The van der Waals surface area contributed by atoms with Crippen molar-refractivity contribution in [1.82, 2.24) is 4.98 Å². The third kappa shape index (κ3) is 7.39. The Hall–Kier alpha value is -2.82. The van der Waals surface area contributed by atoms with Crippen LogP contribution in [-0.2, 0) is 27.9 Å². The van der Waals surface area contributed by atoms with Gasteiger partial charge in [0, 0.05) is 32.4 Å². The number of hydrogen-bond donors (Lipinski definition) is 0. The van der Waals surface area contributed by atoms with Crippen LogP contribution in [0.1, 0.15) is 39.1 Å². The molecule has 4 rings (SSSR count). The molecule has 0 aliphatic carbocycles. The summed E-state index contributed by atoms with van der Waals surface area (Å²) in [5.41, 5.74) is 3.03. The number of thiazole rings is 1. The summed E-state index contributed by atoms with van der Waals surface area (Å²) in [5.74, 6) is 0.881. The van der Waals surface area contributed by atoms with Crippen LogP contribution in [-0.4, -0.2) is 24.2 Å². The van der Waals surface area contributed by atoms with Crippen molar-refractivity contribution < 1.29 is 27.4 Å². The first-order valence-corrected chi connectivity index (χ1v) is 14.5. The molecule has 0 saturated heterocycles. The molecular formula is C28H26F3NO3S3. The van der Waals surface area contributed by atoms with Crippen LogP contribution in [0.4, 0.5) is 13.2 Å². The van der Waals surface area contributed by atoms with Gasteiger partial charge in [-0.25, -0.2) is 9.78 Å². The van der Waals surface area contributed by atoms with Gasteiger partial charge in [-0.05, 0) is 73.7 Å². The van der Waals surface area contributed by atoms with E-state index in [9.17, 15) is 18.0 Å². The smallest absolute Gasteiger partial charge is 0.416 e. The third-order valence-corrected chi connectivity index (χ3v) is 8.94. The highest BCUT2D eigenvalue weighted by atomic mass is 32.2. The Morgan fingerprint density at radius 1 is 1.08 bits per heavy atom. The van der Waals surface area contributed by atoms with Crippen molar-refractivity contribution in [3.05, 3.63) is 86.0 Å². The molecule has 4 nitrogen and oxygen atoms in total. The van der Waals surface area contributed by atoms with Gasteiger partial charge in [0.05, 0.1) is 17.9 Å². The van der Waals surface area contributed by atoms with Crippen molar-refractivity contribution >= 4 is 40.4 Å². The SMILES string of the molecule is CCOC(=O)COc1ccc(SCc2sc(-c3ccc(C(F)(F)F)cc3)nc2Cc2cc(C)cs2)cc1C. The number of benzene rings is 2. The van der Waals surface area contributed by atoms with E-state index >= 15 is 0 Å². The van der Waals surface area contributed by atoms with Crippen molar-refractivity contribution in [3.63, 3.8) is 0 Å². The number of alkyl halides is 3. The van der Waals surface area contributed by atoms with Gasteiger partial charge in [-0.15, -0.1) is 34.4 Å². The molecule has 0 radical (unpaired) electrons. The highest BCUT2D eigenvalue weighted by Crippen LogP contribution is 2.37. The molecule has 2 aromatic carbocycles. The van der Waals surface area contributed by atoms with Gasteiger partial charge in [0.15, 0.2) is 6.61 Å². The second-order valence-corrected chi connectivity index (χ2v) is 11.7. The number of hydrogen-bond acceptors (Lipinski definition) is 7. The van der Waals surface area contributed by atoms with E-state index in [0.717, 1.165) is 33.2 Å². The molecular weight excluding hydrogens is 552 g/mol. The highest BCUT2D eigenvalue weighted by molar-refractivity contribution is 7.98. The third-order valence-electron chi connectivity index (χ3n) is 5.53. The van der Waals surface area contributed by atoms with Crippen molar-refractivity contribution in [2.45, 2.75) is 44.0 Å². The minimum atomic E-state index is -4.37. The van der Waals surface area contributed by atoms with Crippen LogP contribution in [0.5, 0.6) is 5.75 Å². The molecule has 0 bridgehead atoms. The maximum absolute atomic E-state index is 13.0. The Bertz CT molecular complexity index is 1390. The molecule has 2 heterocycles. The summed E-state index contributed by atoms with van der Waals surface area (Å²) in [6.45, 7) is 5.89. The topological polar surface area (TPSA) is 48.4 Å². The molecule has 0 N–H and O–H groups in total. The monoisotopic (exact) mass is 577 g/mol. The van der Waals surface area contributed by atoms with E-state index in [1.807, 2.05) is 32.0 Å². The van der Waals surface area contributed by atoms with Gasteiger partial charge in [-0.1, -0.05) is 12.1 Å². The highest BCUT2D eigenvalue weighted by Gasteiger charge is 2.30. The Morgan fingerprint density at radius 2 is 1.84 bits per heavy atom. The first-order valence-electron chi connectivity index (χ1n) is 11.8. The van der Waals surface area contributed by atoms with Gasteiger partial charge in [-0.3, -0.25) is 0 Å². The molecule has 200 valence electrons. The summed E-state index contributed by atoms with van der Waals surface area (Å²) in [7, 11) is 0. The number of halogens is 3. The second-order valence-electron chi connectivity index (χ2n) is 8.54. The zero-order valence-electron chi connectivity index (χ0n) is 21.1. The number of esters is 1. The van der Waals surface area contributed by atoms with Crippen LogP contribution >= 0.6 is 34.4 Å². The molecule has 4 aromatic rings. The van der Waals surface area contributed by atoms with Gasteiger partial charge in [0.2, 0.25) is 0 Å². The van der Waals surface area contributed by atoms with Crippen LogP contribution in [0.3, 0.4) is 0 Å². The number of carbonyl (C=O) groups excluding carboxylic acids is 1. The zero-order chi connectivity index (χ0) is 27.3. The molecule has 0 aliphatic heterocycles. The second kappa shape index (κ2) is 12.4. The molecule has 0 unspecified atom stereocenters. The maximum Gasteiger partial charge on any atom is 0.416 e. The summed E-state index contributed by atoms with van der Waals surface area (Å²) in [6, 6.07) is 13.1. The van der Waals surface area contributed by atoms with Crippen molar-refractivity contribution in [3.8, 4) is 16.3 Å². The first-order chi connectivity index (χ1) is 18.1. The van der Waals surface area contributed by atoms with Gasteiger partial charge < -0.3 is 9.47 Å². The quantitative estimate of drug-likeness (QED) is 0.140. The number of aromatic nitrogens is 1. The molecule has 0 spiro atoms. The van der Waals surface area contributed by atoms with E-state index in [-0.39, 0.29) is 6.61 Å². The van der Waals surface area contributed by atoms with E-state index in [0.29, 0.717) is 35.1 Å². The molecule has 0 fully saturated rings. The lowest BCUT2D eigenvalue weighted by molar-refractivity contribution is -0.145. The fourth-order valence-corrected chi connectivity index (χ4v) is 6.73. The van der Waals surface area contributed by atoms with Crippen molar-refractivity contribution in [1.29, 1.82) is 0 Å². The van der Waals surface area contributed by atoms with E-state index < -0.39 is 17.7 Å². The summed E-state index contributed by atoms with van der Waals surface area (Å²) < 4.78 is 49.5. The van der Waals surface area contributed by atoms with Gasteiger partial charge in [0.1, 0.15) is 10.8 Å². The number of aryl methyl sites for hydroxylation is 2. The van der Waals surface area contributed by atoms with Gasteiger partial charge >= 0.3 is 12.1 Å². The predicted molar refractivity (Wildman–Crippen MR) is 147 cm³/mol. The van der Waals surface area contributed by atoms with E-state index in [4.69, 9.17) is 14.5 Å². The lowest BCUT2D eigenvalue weighted by Crippen LogP contribution is -2.14. The molecule has 0 amide bonds. The number of thiophene rings is 1. The lowest BCUT2D eigenvalue weighted by Gasteiger charge is -2.10. The van der Waals surface area contributed by atoms with E-state index in [2.05, 4.69) is 11.4 Å². The van der Waals surface area contributed by atoms with Gasteiger partial charge in [-0.2, -0.15) is 13.2 Å². The summed E-state index contributed by atoms with van der Waals surface area (Å²) in [5, 5.41) is 2.80. The fraction of sp³-hybridized carbons (Fsp3) is 0.286. The average molecular weight is 578 g/mol. The predicted octanol–water partition coefficient (Wildman–Crippen LogP) is 8.33. The van der Waals surface area contributed by atoms with Crippen LogP contribution in [0.15, 0.2) is 58.8 Å². The Kier molecular flexibility index (Phi) is 9.17. The van der Waals surface area contributed by atoms with Crippen LogP contribution in [0.2, 0.25) is 0 Å². The molecule has 0 aliphatic rings. The number of nitrogens with zero attached hydrogens (tertiary/aromatic N) is 1. The molecule has 38 heavy (non-hydrogen) atoms. The van der Waals surface area contributed by atoms with Crippen LogP contribution in [0.25, 0.3) is 10.6 Å². The Labute approximate surface area is 231 Å². The number of thioether (sulfide) groups is 1. The largest absolute Gasteiger partial charge is 0.482 e. The number of ether oxygens (including phenoxy) is 2. The molecule has 10 heteroatoms. The molecule has 2 aromatic heterocycles. The fourth-order valence-electron chi connectivity index (χ4n) is 3.67. The van der Waals surface area contributed by atoms with E-state index in [1.165, 1.54) is 33.9 Å². The maximum atomic E-state index is 13.0. The van der Waals surface area contributed by atoms with Crippen LogP contribution in [0, 0.1) is 13.8 Å². The molecule has 0 saturated carbocycles. The number of rotatable bonds is 10. The van der Waals surface area contributed by atoms with Crippen LogP contribution < -0.4 is 4.74 Å². The average Bonchev–Trinajstić information content (AvgIpc) is 3.47. The lowest BCUT2D eigenvalue weighted by atomic mass is 10.1. The minimum absolute atomic E-state index is 0.139. The number of carbonyl (C=O) groups is 1. The standard InChI is InChI=1S/C28H26F3NO3S3/c1-4-34-26(33)14-35-24-10-9-21(12-18(24)3)37-16-25-23(13-22-11-17(2)15-36-22)32-27(38-25)19-5-7-20(8-6-19)28(29,30)31/h5-12,15H,4,13-14,16H2,1-3H3. The zero-order valence-corrected chi connectivity index (χ0v) is 23.5.